The van der Waals surface area contributed by atoms with E-state index in [4.69, 9.17) is 16.3 Å². The second kappa shape index (κ2) is 4.49. The number of benzene rings is 1. The van der Waals surface area contributed by atoms with E-state index in [1.807, 2.05) is 36.4 Å². The summed E-state index contributed by atoms with van der Waals surface area (Å²) in [6.07, 6.45) is 4.59. The van der Waals surface area contributed by atoms with Crippen LogP contribution in [0.5, 0.6) is 0 Å². The summed E-state index contributed by atoms with van der Waals surface area (Å²) >= 11 is 5.41. The van der Waals surface area contributed by atoms with Gasteiger partial charge >= 0.3 is 5.97 Å². The average molecular weight is 223 g/mol. The van der Waals surface area contributed by atoms with Gasteiger partial charge in [0, 0.05) is 6.42 Å². The third-order valence-corrected chi connectivity index (χ3v) is 2.59. The maximum atomic E-state index is 11.1. The van der Waals surface area contributed by atoms with E-state index in [1.165, 1.54) is 0 Å². The molecular formula is C12H11ClO2. The molecule has 0 radical (unpaired) electrons. The highest BCUT2D eigenvalue weighted by Gasteiger charge is 2.19. The molecule has 15 heavy (non-hydrogen) atoms. The van der Waals surface area contributed by atoms with Crippen LogP contribution in [0.4, 0.5) is 0 Å². The number of fused-ring (bicyclic) bond motifs is 1. The Morgan fingerprint density at radius 3 is 3.07 bits per heavy atom. The standard InChI is InChI=1S/C12H11ClO2/c13-8-12(14)15-11-7-3-5-9-4-1-2-6-10(9)11/h1-6,11H,7-8H2. The minimum atomic E-state index is -0.369. The Balaban J connectivity index is 2.22. The van der Waals surface area contributed by atoms with Crippen LogP contribution >= 0.6 is 11.6 Å². The summed E-state index contributed by atoms with van der Waals surface area (Å²) in [5.74, 6) is -0.464. The summed E-state index contributed by atoms with van der Waals surface area (Å²) in [5.41, 5.74) is 2.16. The first-order valence-corrected chi connectivity index (χ1v) is 5.35. The Morgan fingerprint density at radius 1 is 1.47 bits per heavy atom. The average Bonchev–Trinajstić information content (AvgIpc) is 2.29. The Labute approximate surface area is 93.5 Å². The van der Waals surface area contributed by atoms with Gasteiger partial charge in [-0.1, -0.05) is 36.4 Å². The monoisotopic (exact) mass is 222 g/mol. The highest BCUT2D eigenvalue weighted by Crippen LogP contribution is 2.30. The van der Waals surface area contributed by atoms with Crippen LogP contribution in [0.15, 0.2) is 30.3 Å². The van der Waals surface area contributed by atoms with Gasteiger partial charge in [-0.25, -0.2) is 0 Å². The van der Waals surface area contributed by atoms with Crippen molar-refractivity contribution < 1.29 is 9.53 Å². The Bertz CT molecular complexity index is 398. The van der Waals surface area contributed by atoms with Crippen molar-refractivity contribution in [3.63, 3.8) is 0 Å². The quantitative estimate of drug-likeness (QED) is 0.568. The van der Waals surface area contributed by atoms with Crippen molar-refractivity contribution in [1.29, 1.82) is 0 Å². The van der Waals surface area contributed by atoms with Gasteiger partial charge in [-0.3, -0.25) is 4.79 Å². The zero-order valence-corrected chi connectivity index (χ0v) is 8.91. The molecule has 0 amide bonds. The van der Waals surface area contributed by atoms with E-state index < -0.39 is 0 Å². The molecule has 1 atom stereocenters. The number of esters is 1. The van der Waals surface area contributed by atoms with E-state index in [-0.39, 0.29) is 18.0 Å². The van der Waals surface area contributed by atoms with Crippen LogP contribution < -0.4 is 0 Å². The van der Waals surface area contributed by atoms with Crippen molar-refractivity contribution in [2.45, 2.75) is 12.5 Å². The summed E-state index contributed by atoms with van der Waals surface area (Å²) < 4.78 is 5.24. The number of carbonyl (C=O) groups excluding carboxylic acids is 1. The highest BCUT2D eigenvalue weighted by atomic mass is 35.5. The fraction of sp³-hybridized carbons (Fsp3) is 0.250. The first-order chi connectivity index (χ1) is 7.31. The van der Waals surface area contributed by atoms with Crippen molar-refractivity contribution in [2.24, 2.45) is 0 Å². The summed E-state index contributed by atoms with van der Waals surface area (Å²) in [5, 5.41) is 0. The van der Waals surface area contributed by atoms with Gasteiger partial charge in [-0.2, -0.15) is 0 Å². The van der Waals surface area contributed by atoms with Crippen LogP contribution in [0.25, 0.3) is 6.08 Å². The number of halogens is 1. The predicted molar refractivity (Wildman–Crippen MR) is 59.6 cm³/mol. The number of hydrogen-bond acceptors (Lipinski definition) is 2. The van der Waals surface area contributed by atoms with Crippen LogP contribution in [-0.4, -0.2) is 11.8 Å². The topological polar surface area (TPSA) is 26.3 Å². The lowest BCUT2D eigenvalue weighted by atomic mass is 9.95. The molecule has 1 unspecified atom stereocenters. The van der Waals surface area contributed by atoms with Gasteiger partial charge in [0.15, 0.2) is 0 Å². The Kier molecular flexibility index (Phi) is 3.07. The molecule has 78 valence electrons. The lowest BCUT2D eigenvalue weighted by molar-refractivity contribution is -0.146. The summed E-state index contributed by atoms with van der Waals surface area (Å²) in [6, 6.07) is 7.89. The zero-order chi connectivity index (χ0) is 10.7. The number of carbonyl (C=O) groups is 1. The number of ether oxygens (including phenoxy) is 1. The fourth-order valence-corrected chi connectivity index (χ4v) is 1.77. The van der Waals surface area contributed by atoms with Gasteiger partial charge in [-0.05, 0) is 11.1 Å². The van der Waals surface area contributed by atoms with Crippen LogP contribution in [0.1, 0.15) is 23.7 Å². The van der Waals surface area contributed by atoms with Crippen LogP contribution in [0, 0.1) is 0 Å². The molecule has 0 N–H and O–H groups in total. The zero-order valence-electron chi connectivity index (χ0n) is 8.15. The molecular weight excluding hydrogens is 212 g/mol. The third kappa shape index (κ3) is 2.21. The summed E-state index contributed by atoms with van der Waals surface area (Å²) in [6.45, 7) is 0. The van der Waals surface area contributed by atoms with Crippen molar-refractivity contribution in [3.05, 3.63) is 41.5 Å². The fourth-order valence-electron chi connectivity index (χ4n) is 1.70. The first-order valence-electron chi connectivity index (χ1n) is 4.82. The van der Waals surface area contributed by atoms with E-state index in [0.29, 0.717) is 0 Å². The molecule has 1 aromatic carbocycles. The SMILES string of the molecule is O=C(CCl)OC1CC=Cc2ccccc21. The van der Waals surface area contributed by atoms with E-state index in [0.717, 1.165) is 17.5 Å². The minimum Gasteiger partial charge on any atom is -0.456 e. The van der Waals surface area contributed by atoms with E-state index >= 15 is 0 Å². The van der Waals surface area contributed by atoms with Crippen molar-refractivity contribution in [2.75, 3.05) is 5.88 Å². The van der Waals surface area contributed by atoms with Gasteiger partial charge < -0.3 is 4.74 Å². The van der Waals surface area contributed by atoms with Gasteiger partial charge in [0.1, 0.15) is 12.0 Å². The lowest BCUT2D eigenvalue weighted by Crippen LogP contribution is -2.14. The normalized spacial score (nSPS) is 18.3. The molecule has 1 aliphatic rings. The molecule has 0 fully saturated rings. The third-order valence-electron chi connectivity index (χ3n) is 2.37. The minimum absolute atomic E-state index is 0.0949. The van der Waals surface area contributed by atoms with Crippen molar-refractivity contribution >= 4 is 23.6 Å². The number of hydrogen-bond donors (Lipinski definition) is 0. The smallest absolute Gasteiger partial charge is 0.321 e. The maximum Gasteiger partial charge on any atom is 0.321 e. The molecule has 1 aliphatic carbocycles. The molecule has 0 aromatic heterocycles. The van der Waals surface area contributed by atoms with Crippen LogP contribution in [0.2, 0.25) is 0 Å². The maximum absolute atomic E-state index is 11.1. The van der Waals surface area contributed by atoms with E-state index in [2.05, 4.69) is 0 Å². The molecule has 0 saturated heterocycles. The lowest BCUT2D eigenvalue weighted by Gasteiger charge is -2.21. The van der Waals surface area contributed by atoms with E-state index in [9.17, 15) is 4.79 Å². The second-order valence-electron chi connectivity index (χ2n) is 3.38. The largest absolute Gasteiger partial charge is 0.456 e. The van der Waals surface area contributed by atoms with E-state index in [1.54, 1.807) is 0 Å². The second-order valence-corrected chi connectivity index (χ2v) is 3.65. The Hall–Kier alpha value is -1.28. The molecule has 0 spiro atoms. The molecule has 1 aromatic rings. The van der Waals surface area contributed by atoms with Crippen molar-refractivity contribution in [1.82, 2.24) is 0 Å². The Morgan fingerprint density at radius 2 is 2.27 bits per heavy atom. The summed E-state index contributed by atoms with van der Waals surface area (Å²) in [7, 11) is 0. The number of rotatable bonds is 2. The predicted octanol–water partition coefficient (Wildman–Crippen LogP) is 2.93. The molecule has 0 bridgehead atoms. The first kappa shape index (κ1) is 10.2. The van der Waals surface area contributed by atoms with Gasteiger partial charge in [0.25, 0.3) is 0 Å². The van der Waals surface area contributed by atoms with Crippen LogP contribution in [0.3, 0.4) is 0 Å². The van der Waals surface area contributed by atoms with Gasteiger partial charge in [0.2, 0.25) is 0 Å². The van der Waals surface area contributed by atoms with Crippen LogP contribution in [-0.2, 0) is 9.53 Å². The number of alkyl halides is 1. The molecule has 2 rings (SSSR count). The highest BCUT2D eigenvalue weighted by molar-refractivity contribution is 6.26. The van der Waals surface area contributed by atoms with Gasteiger partial charge in [-0.15, -0.1) is 11.6 Å². The molecule has 2 nitrogen and oxygen atoms in total. The van der Waals surface area contributed by atoms with Gasteiger partial charge in [0.05, 0.1) is 0 Å². The summed E-state index contributed by atoms with van der Waals surface area (Å²) in [4.78, 5) is 11.1. The molecule has 0 heterocycles. The van der Waals surface area contributed by atoms with Crippen molar-refractivity contribution in [3.8, 4) is 0 Å². The molecule has 0 aliphatic heterocycles. The molecule has 0 saturated carbocycles. The molecule has 3 heteroatoms.